The number of aliphatic carboxylic acids is 1. The quantitative estimate of drug-likeness (QED) is 0.917. The molecule has 0 radical (unpaired) electrons. The van der Waals surface area contributed by atoms with Crippen LogP contribution in [0.5, 0.6) is 0 Å². The smallest absolute Gasteiger partial charge is 0.309 e. The zero-order chi connectivity index (χ0) is 12.4. The monoisotopic (exact) mass is 255 g/mol. The highest BCUT2D eigenvalue weighted by atomic mass is 32.1. The Balaban J connectivity index is 2.33. The molecule has 1 aromatic heterocycles. The maximum absolute atomic E-state index is 13.0. The molecule has 0 saturated heterocycles. The first-order chi connectivity index (χ1) is 8.04. The first kappa shape index (κ1) is 11.7. The first-order valence-corrected chi connectivity index (χ1v) is 5.55. The zero-order valence-electron chi connectivity index (χ0n) is 8.48. The molecule has 1 N–H and O–H groups in total. The van der Waals surface area contributed by atoms with E-state index in [1.807, 2.05) is 0 Å². The van der Waals surface area contributed by atoms with Gasteiger partial charge in [-0.3, -0.25) is 4.79 Å². The van der Waals surface area contributed by atoms with Gasteiger partial charge in [-0.1, -0.05) is 0 Å². The molecular weight excluding hydrogens is 248 g/mol. The Bertz CT molecular complexity index is 548. The molecule has 0 fully saturated rings. The molecule has 0 amide bonds. The fourth-order valence-electron chi connectivity index (χ4n) is 1.35. The summed E-state index contributed by atoms with van der Waals surface area (Å²) in [6, 6.07) is 3.09. The second kappa shape index (κ2) is 4.58. The van der Waals surface area contributed by atoms with Crippen molar-refractivity contribution in [3.05, 3.63) is 40.9 Å². The number of carboxylic acids is 1. The Hall–Kier alpha value is -1.82. The third kappa shape index (κ3) is 2.85. The first-order valence-electron chi connectivity index (χ1n) is 4.67. The Morgan fingerprint density at radius 1 is 1.29 bits per heavy atom. The summed E-state index contributed by atoms with van der Waals surface area (Å²) in [6.07, 6.45) is -0.200. The van der Waals surface area contributed by atoms with Crippen molar-refractivity contribution in [2.24, 2.45) is 0 Å². The Kier molecular flexibility index (Phi) is 3.14. The van der Waals surface area contributed by atoms with Crippen LogP contribution in [0.3, 0.4) is 0 Å². The summed E-state index contributed by atoms with van der Waals surface area (Å²) < 4.78 is 25.9. The minimum absolute atomic E-state index is 0.200. The van der Waals surface area contributed by atoms with Gasteiger partial charge in [0.1, 0.15) is 16.6 Å². The van der Waals surface area contributed by atoms with E-state index in [-0.39, 0.29) is 6.42 Å². The molecule has 17 heavy (non-hydrogen) atoms. The Labute approximate surface area is 99.4 Å². The lowest BCUT2D eigenvalue weighted by Crippen LogP contribution is -1.99. The number of halogens is 2. The largest absolute Gasteiger partial charge is 0.481 e. The molecule has 3 nitrogen and oxygen atoms in total. The molecule has 0 aliphatic rings. The van der Waals surface area contributed by atoms with Crippen LogP contribution in [0.15, 0.2) is 23.6 Å². The van der Waals surface area contributed by atoms with Crippen LogP contribution in [0, 0.1) is 11.6 Å². The topological polar surface area (TPSA) is 50.2 Å². The van der Waals surface area contributed by atoms with Crippen molar-refractivity contribution in [2.45, 2.75) is 6.42 Å². The van der Waals surface area contributed by atoms with Crippen molar-refractivity contribution < 1.29 is 18.7 Å². The molecule has 0 unspecified atom stereocenters. The fourth-order valence-corrected chi connectivity index (χ4v) is 2.16. The van der Waals surface area contributed by atoms with E-state index in [4.69, 9.17) is 5.11 Å². The third-order valence-electron chi connectivity index (χ3n) is 1.99. The molecule has 0 aliphatic carbocycles. The maximum atomic E-state index is 13.0. The number of rotatable bonds is 3. The summed E-state index contributed by atoms with van der Waals surface area (Å²) >= 11 is 1.15. The molecule has 1 heterocycles. The Morgan fingerprint density at radius 3 is 2.53 bits per heavy atom. The van der Waals surface area contributed by atoms with Crippen LogP contribution >= 0.6 is 11.3 Å². The van der Waals surface area contributed by atoms with Gasteiger partial charge in [0.15, 0.2) is 0 Å². The molecule has 0 atom stereocenters. The average molecular weight is 255 g/mol. The molecule has 88 valence electrons. The van der Waals surface area contributed by atoms with Gasteiger partial charge >= 0.3 is 5.97 Å². The van der Waals surface area contributed by atoms with Gasteiger partial charge in [-0.05, 0) is 12.1 Å². The molecular formula is C11H7F2NO2S. The molecule has 0 saturated carbocycles. The van der Waals surface area contributed by atoms with Gasteiger partial charge < -0.3 is 5.11 Å². The molecule has 2 aromatic rings. The van der Waals surface area contributed by atoms with Crippen LogP contribution in [0.25, 0.3) is 10.6 Å². The van der Waals surface area contributed by atoms with Crippen molar-refractivity contribution in [3.63, 3.8) is 0 Å². The second-order valence-electron chi connectivity index (χ2n) is 3.37. The van der Waals surface area contributed by atoms with Gasteiger partial charge in [-0.25, -0.2) is 13.8 Å². The van der Waals surface area contributed by atoms with Crippen LogP contribution in [0.4, 0.5) is 8.78 Å². The van der Waals surface area contributed by atoms with Gasteiger partial charge in [0.2, 0.25) is 0 Å². The van der Waals surface area contributed by atoms with Crippen LogP contribution in [0.2, 0.25) is 0 Å². The van der Waals surface area contributed by atoms with E-state index < -0.39 is 17.6 Å². The van der Waals surface area contributed by atoms with Gasteiger partial charge in [0, 0.05) is 17.0 Å². The van der Waals surface area contributed by atoms with Crippen LogP contribution < -0.4 is 0 Å². The van der Waals surface area contributed by atoms with Gasteiger partial charge in [0.05, 0.1) is 12.1 Å². The summed E-state index contributed by atoms with van der Waals surface area (Å²) in [4.78, 5) is 14.5. The number of carbonyl (C=O) groups is 1. The normalized spacial score (nSPS) is 10.5. The van der Waals surface area contributed by atoms with Crippen molar-refractivity contribution in [2.75, 3.05) is 0 Å². The van der Waals surface area contributed by atoms with Gasteiger partial charge in [-0.2, -0.15) is 0 Å². The highest BCUT2D eigenvalue weighted by Gasteiger charge is 2.09. The van der Waals surface area contributed by atoms with E-state index in [1.165, 1.54) is 0 Å². The number of hydrogen-bond donors (Lipinski definition) is 1. The molecule has 0 spiro atoms. The molecule has 0 aliphatic heterocycles. The fraction of sp³-hybridized carbons (Fsp3) is 0.0909. The lowest BCUT2D eigenvalue weighted by molar-refractivity contribution is -0.136. The van der Waals surface area contributed by atoms with Crippen LogP contribution in [0.1, 0.15) is 5.69 Å². The summed E-state index contributed by atoms with van der Waals surface area (Å²) in [5.74, 6) is -2.36. The maximum Gasteiger partial charge on any atom is 0.309 e. The van der Waals surface area contributed by atoms with E-state index >= 15 is 0 Å². The second-order valence-corrected chi connectivity index (χ2v) is 4.23. The van der Waals surface area contributed by atoms with Crippen molar-refractivity contribution in [1.29, 1.82) is 0 Å². The lowest BCUT2D eigenvalue weighted by Gasteiger charge is -1.97. The van der Waals surface area contributed by atoms with Crippen molar-refractivity contribution in [3.8, 4) is 10.6 Å². The van der Waals surface area contributed by atoms with Gasteiger partial charge in [-0.15, -0.1) is 11.3 Å². The average Bonchev–Trinajstić information content (AvgIpc) is 2.63. The lowest BCUT2D eigenvalue weighted by atomic mass is 10.2. The Morgan fingerprint density at radius 2 is 1.94 bits per heavy atom. The van der Waals surface area contributed by atoms with E-state index in [2.05, 4.69) is 4.98 Å². The minimum atomic E-state index is -0.993. The van der Waals surface area contributed by atoms with E-state index in [0.717, 1.165) is 29.5 Å². The number of benzene rings is 1. The SMILES string of the molecule is O=C(O)Cc1csc(-c2cc(F)cc(F)c2)n1. The number of hydrogen-bond acceptors (Lipinski definition) is 3. The third-order valence-corrected chi connectivity index (χ3v) is 2.93. The summed E-state index contributed by atoms with van der Waals surface area (Å²) in [6.45, 7) is 0. The number of thiazole rings is 1. The molecule has 1 aromatic carbocycles. The zero-order valence-corrected chi connectivity index (χ0v) is 9.30. The molecule has 6 heteroatoms. The van der Waals surface area contributed by atoms with Crippen LogP contribution in [-0.2, 0) is 11.2 Å². The number of aromatic nitrogens is 1. The van der Waals surface area contributed by atoms with E-state index in [0.29, 0.717) is 16.3 Å². The van der Waals surface area contributed by atoms with Crippen molar-refractivity contribution in [1.82, 2.24) is 4.98 Å². The van der Waals surface area contributed by atoms with Gasteiger partial charge in [0.25, 0.3) is 0 Å². The van der Waals surface area contributed by atoms with E-state index in [9.17, 15) is 13.6 Å². The number of carboxylic acid groups (broad SMARTS) is 1. The summed E-state index contributed by atoms with van der Waals surface area (Å²) in [5, 5.41) is 10.5. The molecule has 2 rings (SSSR count). The minimum Gasteiger partial charge on any atom is -0.481 e. The summed E-state index contributed by atoms with van der Waals surface area (Å²) in [7, 11) is 0. The predicted octanol–water partition coefficient (Wildman–Crippen LogP) is 2.72. The molecule has 0 bridgehead atoms. The highest BCUT2D eigenvalue weighted by molar-refractivity contribution is 7.13. The standard InChI is InChI=1S/C11H7F2NO2S/c12-7-1-6(2-8(13)3-7)11-14-9(5-17-11)4-10(15)16/h1-3,5H,4H2,(H,15,16). The summed E-state index contributed by atoms with van der Waals surface area (Å²) in [5.41, 5.74) is 0.686. The van der Waals surface area contributed by atoms with Crippen molar-refractivity contribution >= 4 is 17.3 Å². The predicted molar refractivity (Wildman–Crippen MR) is 58.8 cm³/mol. The number of nitrogens with zero attached hydrogens (tertiary/aromatic N) is 1. The highest BCUT2D eigenvalue weighted by Crippen LogP contribution is 2.25. The van der Waals surface area contributed by atoms with Crippen LogP contribution in [-0.4, -0.2) is 16.1 Å². The van der Waals surface area contributed by atoms with E-state index in [1.54, 1.807) is 5.38 Å².